The molecular weight excluding hydrogens is 316 g/mol. The molecule has 0 saturated heterocycles. The van der Waals surface area contributed by atoms with Crippen molar-refractivity contribution in [2.75, 3.05) is 5.32 Å². The van der Waals surface area contributed by atoms with E-state index in [2.05, 4.69) is 10.3 Å². The van der Waals surface area contributed by atoms with Crippen LogP contribution in [-0.4, -0.2) is 17.2 Å². The summed E-state index contributed by atoms with van der Waals surface area (Å²) in [5.41, 5.74) is 4.08. The lowest BCUT2D eigenvalue weighted by Gasteiger charge is -2.04. The Kier molecular flexibility index (Phi) is 3.91. The van der Waals surface area contributed by atoms with E-state index < -0.39 is 5.92 Å². The van der Waals surface area contributed by atoms with Gasteiger partial charge in [-0.2, -0.15) is 0 Å². The number of rotatable bonds is 4. The Bertz CT molecular complexity index is 945. The maximum atomic E-state index is 12.3. The normalized spacial score (nSPS) is 16.2. The summed E-state index contributed by atoms with van der Waals surface area (Å²) >= 11 is 0. The van der Waals surface area contributed by atoms with E-state index in [1.807, 2.05) is 48.5 Å². The van der Waals surface area contributed by atoms with Gasteiger partial charge in [0.2, 0.25) is 5.91 Å². The van der Waals surface area contributed by atoms with Gasteiger partial charge >= 0.3 is 0 Å². The third-order valence-corrected chi connectivity index (χ3v) is 4.20. The third-order valence-electron chi connectivity index (χ3n) is 4.20. The summed E-state index contributed by atoms with van der Waals surface area (Å²) in [5.74, 6) is 0.224. The smallest absolute Gasteiger partial charge is 0.237 e. The number of benzene rings is 2. The van der Waals surface area contributed by atoms with Gasteiger partial charge in [0.05, 0.1) is 18.6 Å². The average Bonchev–Trinajstić information content (AvgIpc) is 3.27. The van der Waals surface area contributed by atoms with Gasteiger partial charge < -0.3 is 14.8 Å². The van der Waals surface area contributed by atoms with Crippen LogP contribution < -0.4 is 5.32 Å². The van der Waals surface area contributed by atoms with E-state index in [1.165, 1.54) is 0 Å². The van der Waals surface area contributed by atoms with E-state index in [-0.39, 0.29) is 12.5 Å². The molecule has 4 rings (SSSR count). The molecule has 2 heterocycles. The third kappa shape index (κ3) is 2.97. The molecule has 0 spiro atoms. The van der Waals surface area contributed by atoms with Crippen LogP contribution >= 0.6 is 0 Å². The van der Waals surface area contributed by atoms with E-state index in [9.17, 15) is 9.90 Å². The number of furan rings is 1. The molecule has 0 radical (unpaired) electrons. The zero-order valence-corrected chi connectivity index (χ0v) is 13.3. The van der Waals surface area contributed by atoms with Gasteiger partial charge in [-0.05, 0) is 41.5 Å². The van der Waals surface area contributed by atoms with Crippen molar-refractivity contribution in [3.05, 3.63) is 72.0 Å². The number of nitrogens with zero attached hydrogens (tertiary/aromatic N) is 1. The highest BCUT2D eigenvalue weighted by Crippen LogP contribution is 2.35. The van der Waals surface area contributed by atoms with E-state index in [4.69, 9.17) is 4.42 Å². The van der Waals surface area contributed by atoms with Crippen molar-refractivity contribution < 1.29 is 14.3 Å². The maximum absolute atomic E-state index is 12.3. The summed E-state index contributed by atoms with van der Waals surface area (Å²) in [6.45, 7) is -0.0360. The van der Waals surface area contributed by atoms with Crippen molar-refractivity contribution in [1.29, 1.82) is 0 Å². The van der Waals surface area contributed by atoms with Crippen molar-refractivity contribution in [1.82, 2.24) is 0 Å². The highest BCUT2D eigenvalue weighted by atomic mass is 16.3. The lowest BCUT2D eigenvalue weighted by Crippen LogP contribution is -2.12. The monoisotopic (exact) mass is 332 g/mol. The molecule has 25 heavy (non-hydrogen) atoms. The molecular formula is C20H16N2O3. The number of carbonyl (C=O) groups excluding carboxylic acids is 1. The van der Waals surface area contributed by atoms with Crippen LogP contribution in [0.15, 0.2) is 70.3 Å². The van der Waals surface area contributed by atoms with Crippen molar-refractivity contribution in [3.63, 3.8) is 0 Å². The van der Waals surface area contributed by atoms with Gasteiger partial charge in [0.1, 0.15) is 11.7 Å². The van der Waals surface area contributed by atoms with Crippen molar-refractivity contribution >= 4 is 23.5 Å². The SMILES string of the molecule is O=C1Nc2cc(-c3ccco3)ccc2C1C=Nc1cccc(CO)c1. The van der Waals surface area contributed by atoms with E-state index in [1.54, 1.807) is 18.5 Å². The predicted octanol–water partition coefficient (Wildman–Crippen LogP) is 3.88. The lowest BCUT2D eigenvalue weighted by molar-refractivity contribution is -0.115. The second-order valence-corrected chi connectivity index (χ2v) is 5.85. The molecule has 5 nitrogen and oxygen atoms in total. The zero-order chi connectivity index (χ0) is 17.2. The highest BCUT2D eigenvalue weighted by Gasteiger charge is 2.29. The number of hydrogen-bond donors (Lipinski definition) is 2. The summed E-state index contributed by atoms with van der Waals surface area (Å²) in [4.78, 5) is 16.7. The molecule has 3 aromatic rings. The second kappa shape index (κ2) is 6.37. The average molecular weight is 332 g/mol. The molecule has 1 unspecified atom stereocenters. The van der Waals surface area contributed by atoms with Crippen LogP contribution in [0.5, 0.6) is 0 Å². The quantitative estimate of drug-likeness (QED) is 0.712. The van der Waals surface area contributed by atoms with Gasteiger partial charge in [0.25, 0.3) is 0 Å². The first kappa shape index (κ1) is 15.4. The van der Waals surface area contributed by atoms with Crippen LogP contribution in [0.1, 0.15) is 17.0 Å². The molecule has 0 saturated carbocycles. The van der Waals surface area contributed by atoms with Crippen molar-refractivity contribution in [2.24, 2.45) is 4.99 Å². The van der Waals surface area contributed by atoms with Crippen molar-refractivity contribution in [2.45, 2.75) is 12.5 Å². The van der Waals surface area contributed by atoms with E-state index in [0.29, 0.717) is 5.69 Å². The van der Waals surface area contributed by atoms with Gasteiger partial charge in [-0.25, -0.2) is 0 Å². The topological polar surface area (TPSA) is 74.8 Å². The van der Waals surface area contributed by atoms with Gasteiger partial charge in [0, 0.05) is 17.5 Å². The first-order valence-electron chi connectivity index (χ1n) is 7.97. The minimum absolute atomic E-state index is 0.0360. The lowest BCUT2D eigenvalue weighted by atomic mass is 10.00. The minimum Gasteiger partial charge on any atom is -0.464 e. The number of aliphatic hydroxyl groups is 1. The summed E-state index contributed by atoms with van der Waals surface area (Å²) < 4.78 is 5.40. The minimum atomic E-state index is -0.432. The Morgan fingerprint density at radius 2 is 2.08 bits per heavy atom. The summed E-state index contributed by atoms with van der Waals surface area (Å²) in [6.07, 6.45) is 3.27. The second-order valence-electron chi connectivity index (χ2n) is 5.85. The zero-order valence-electron chi connectivity index (χ0n) is 13.3. The number of aliphatic imine (C=N–C) groups is 1. The first-order chi connectivity index (χ1) is 12.2. The van der Waals surface area contributed by atoms with Crippen LogP contribution in [0.3, 0.4) is 0 Å². The van der Waals surface area contributed by atoms with Gasteiger partial charge in [-0.15, -0.1) is 0 Å². The van der Waals surface area contributed by atoms with E-state index in [0.717, 1.165) is 28.1 Å². The molecule has 0 fully saturated rings. The Balaban J connectivity index is 1.62. The van der Waals surface area contributed by atoms with Crippen LogP contribution in [-0.2, 0) is 11.4 Å². The maximum Gasteiger partial charge on any atom is 0.237 e. The first-order valence-corrected chi connectivity index (χ1v) is 7.97. The highest BCUT2D eigenvalue weighted by molar-refractivity contribution is 6.13. The molecule has 2 N–H and O–H groups in total. The molecule has 1 aliphatic rings. The number of anilines is 1. The molecule has 0 bridgehead atoms. The number of hydrogen-bond acceptors (Lipinski definition) is 4. The Morgan fingerprint density at radius 3 is 2.88 bits per heavy atom. The largest absolute Gasteiger partial charge is 0.464 e. The summed E-state index contributed by atoms with van der Waals surface area (Å²) in [6, 6.07) is 16.8. The van der Waals surface area contributed by atoms with Gasteiger partial charge in [-0.3, -0.25) is 9.79 Å². The van der Waals surface area contributed by atoms with E-state index >= 15 is 0 Å². The Hall–Kier alpha value is -3.18. The molecule has 1 amide bonds. The predicted molar refractivity (Wildman–Crippen MR) is 96.0 cm³/mol. The van der Waals surface area contributed by atoms with Gasteiger partial charge in [0.15, 0.2) is 0 Å². The number of amides is 1. The molecule has 5 heteroatoms. The number of nitrogens with one attached hydrogen (secondary N) is 1. The van der Waals surface area contributed by atoms with Crippen LogP contribution in [0.25, 0.3) is 11.3 Å². The van der Waals surface area contributed by atoms with Crippen LogP contribution in [0, 0.1) is 0 Å². The fourth-order valence-corrected chi connectivity index (χ4v) is 2.93. The number of fused-ring (bicyclic) bond motifs is 1. The Morgan fingerprint density at radius 1 is 1.16 bits per heavy atom. The fraction of sp³-hybridized carbons (Fsp3) is 0.100. The summed E-state index contributed by atoms with van der Waals surface area (Å²) in [5, 5.41) is 12.1. The molecule has 2 aromatic carbocycles. The number of carbonyl (C=O) groups is 1. The molecule has 0 aliphatic carbocycles. The number of aliphatic hydroxyl groups excluding tert-OH is 1. The summed E-state index contributed by atoms with van der Waals surface area (Å²) in [7, 11) is 0. The standard InChI is InChI=1S/C20H16N2O3/c23-12-13-3-1-4-15(9-13)21-11-17-16-7-6-14(19-5-2-8-25-19)10-18(16)22-20(17)24/h1-11,17,23H,12H2,(H,22,24). The molecule has 124 valence electrons. The Labute approximate surface area is 144 Å². The fourth-order valence-electron chi connectivity index (χ4n) is 2.93. The van der Waals surface area contributed by atoms with Gasteiger partial charge in [-0.1, -0.05) is 24.3 Å². The van der Waals surface area contributed by atoms with Crippen LogP contribution in [0.2, 0.25) is 0 Å². The molecule has 1 aliphatic heterocycles. The van der Waals surface area contributed by atoms with Crippen LogP contribution in [0.4, 0.5) is 11.4 Å². The molecule has 1 aromatic heterocycles. The molecule has 1 atom stereocenters. The van der Waals surface area contributed by atoms with Crippen molar-refractivity contribution in [3.8, 4) is 11.3 Å².